The van der Waals surface area contributed by atoms with E-state index >= 15 is 0 Å². The highest BCUT2D eigenvalue weighted by atomic mass is 32.2. The van der Waals surface area contributed by atoms with E-state index in [-0.39, 0.29) is 6.15 Å². The molecule has 49 valence electrons. The fraction of sp³-hybridized carbons (Fsp3) is 0.333. The number of hydrogen-bond donors (Lipinski definition) is 1. The Bertz CT molecular complexity index is 148. The van der Waals surface area contributed by atoms with E-state index in [1.807, 2.05) is 0 Å². The Balaban J connectivity index is 0. The summed E-state index contributed by atoms with van der Waals surface area (Å²) in [5.41, 5.74) is 0. The highest BCUT2D eigenvalue weighted by molar-refractivity contribution is 7.85. The van der Waals surface area contributed by atoms with Crippen molar-refractivity contribution < 1.29 is 13.0 Å². The molecule has 0 heterocycles. The molecule has 4 nitrogen and oxygen atoms in total. The number of hydrogen-bond acceptors (Lipinski definition) is 3. The summed E-state index contributed by atoms with van der Waals surface area (Å²) >= 11 is 0. The van der Waals surface area contributed by atoms with Gasteiger partial charge in [-0.25, -0.2) is 0 Å². The van der Waals surface area contributed by atoms with Crippen molar-refractivity contribution in [2.75, 3.05) is 5.75 Å². The molecule has 3 N–H and O–H groups in total. The third kappa shape index (κ3) is 9.15. The van der Waals surface area contributed by atoms with Crippen LogP contribution in [0.1, 0.15) is 0 Å². The third-order valence-corrected chi connectivity index (χ3v) is 0.966. The maximum atomic E-state index is 9.60. The maximum absolute atomic E-state index is 9.60. The van der Waals surface area contributed by atoms with Crippen molar-refractivity contribution in [3.8, 4) is 0 Å². The first kappa shape index (κ1) is 10.6. The van der Waals surface area contributed by atoms with Gasteiger partial charge in [-0.1, -0.05) is 10.6 Å². The van der Waals surface area contributed by atoms with Crippen molar-refractivity contribution in [3.63, 3.8) is 0 Å². The van der Waals surface area contributed by atoms with Gasteiger partial charge in [-0.2, -0.15) is 8.42 Å². The van der Waals surface area contributed by atoms with Crippen molar-refractivity contribution >= 4 is 10.1 Å². The molecule has 0 amide bonds. The summed E-state index contributed by atoms with van der Waals surface area (Å²) in [7, 11) is -4.04. The first-order valence-electron chi connectivity index (χ1n) is 1.61. The van der Waals surface area contributed by atoms with Gasteiger partial charge in [0.2, 0.25) is 0 Å². The third-order valence-electron chi connectivity index (χ3n) is 0.322. The van der Waals surface area contributed by atoms with Crippen LogP contribution in [-0.4, -0.2) is 14.2 Å². The minimum Gasteiger partial charge on any atom is -0.344 e. The molecule has 0 saturated heterocycles. The van der Waals surface area contributed by atoms with E-state index in [1.165, 1.54) is 0 Å². The molecular weight excluding hydrogens is 130 g/mol. The molecule has 0 aromatic heterocycles. The van der Waals surface area contributed by atoms with Gasteiger partial charge >= 0.3 is 0 Å². The lowest BCUT2D eigenvalue weighted by molar-refractivity contribution is 0.417. The minimum absolute atomic E-state index is 0. The van der Waals surface area contributed by atoms with Crippen molar-refractivity contribution in [2.24, 2.45) is 0 Å². The van der Waals surface area contributed by atoms with Gasteiger partial charge in [-0.05, 0) is 0 Å². The molecule has 8 heavy (non-hydrogen) atoms. The topological polar surface area (TPSA) is 89.0 Å². The molecular formula is C3H8NO3S. The molecule has 0 aromatic rings. The van der Waals surface area contributed by atoms with E-state index in [9.17, 15) is 13.0 Å². The lowest BCUT2D eigenvalue weighted by atomic mass is 10.8. The summed E-state index contributed by atoms with van der Waals surface area (Å²) in [5, 5.41) is 0. The molecule has 0 aliphatic rings. The van der Waals surface area contributed by atoms with E-state index in [2.05, 4.69) is 6.58 Å². The number of rotatable bonds is 2. The zero-order valence-corrected chi connectivity index (χ0v) is 5.15. The summed E-state index contributed by atoms with van der Waals surface area (Å²) in [4.78, 5) is 0. The van der Waals surface area contributed by atoms with Gasteiger partial charge in [0, 0.05) is 0 Å². The van der Waals surface area contributed by atoms with Crippen LogP contribution < -0.4 is 6.15 Å². The van der Waals surface area contributed by atoms with Crippen LogP contribution in [0.25, 0.3) is 0 Å². The molecule has 0 rings (SSSR count). The van der Waals surface area contributed by atoms with Crippen molar-refractivity contribution in [1.29, 1.82) is 0 Å². The molecule has 5 heteroatoms. The predicted molar refractivity (Wildman–Crippen MR) is 29.7 cm³/mol. The zero-order chi connectivity index (χ0) is 5.91. The van der Waals surface area contributed by atoms with Gasteiger partial charge in [-0.15, -0.1) is 6.58 Å². The van der Waals surface area contributed by atoms with Crippen LogP contribution in [0.3, 0.4) is 0 Å². The van der Waals surface area contributed by atoms with Crippen LogP contribution in [0.2, 0.25) is 0 Å². The SMILES string of the molecule is C=CCS([O])(=O)=O.N. The second-order valence-electron chi connectivity index (χ2n) is 1.01. The van der Waals surface area contributed by atoms with E-state index in [1.54, 1.807) is 0 Å². The summed E-state index contributed by atoms with van der Waals surface area (Å²) in [5.74, 6) is -0.479. The first-order valence-corrected chi connectivity index (χ1v) is 3.18. The van der Waals surface area contributed by atoms with Crippen LogP contribution in [-0.2, 0) is 14.7 Å². The Hall–Kier alpha value is -0.390. The smallest absolute Gasteiger partial charge is 0.298 e. The monoisotopic (exact) mass is 138 g/mol. The fourth-order valence-electron chi connectivity index (χ4n) is 0.144. The molecule has 0 unspecified atom stereocenters. The van der Waals surface area contributed by atoms with Gasteiger partial charge in [-0.3, -0.25) is 0 Å². The second-order valence-corrected chi connectivity index (χ2v) is 2.46. The Morgan fingerprint density at radius 3 is 1.88 bits per heavy atom. The van der Waals surface area contributed by atoms with Gasteiger partial charge in [0.25, 0.3) is 10.1 Å². The van der Waals surface area contributed by atoms with Crippen LogP contribution >= 0.6 is 0 Å². The van der Waals surface area contributed by atoms with E-state index in [4.69, 9.17) is 0 Å². The second kappa shape index (κ2) is 3.59. The Labute approximate surface area is 48.5 Å². The van der Waals surface area contributed by atoms with Gasteiger partial charge in [0.05, 0.1) is 5.75 Å². The molecule has 0 aliphatic heterocycles. The molecule has 1 radical (unpaired) electrons. The fourth-order valence-corrected chi connectivity index (χ4v) is 0.433. The minimum atomic E-state index is -4.04. The van der Waals surface area contributed by atoms with E-state index in [0.717, 1.165) is 6.08 Å². The Morgan fingerprint density at radius 2 is 1.88 bits per heavy atom. The molecule has 0 bridgehead atoms. The molecule has 0 aromatic carbocycles. The van der Waals surface area contributed by atoms with Gasteiger partial charge < -0.3 is 6.15 Å². The van der Waals surface area contributed by atoms with Crippen LogP contribution in [0.5, 0.6) is 0 Å². The molecule has 0 fully saturated rings. The zero-order valence-electron chi connectivity index (χ0n) is 4.33. The van der Waals surface area contributed by atoms with E-state index in [0.29, 0.717) is 0 Å². The molecule has 0 saturated carbocycles. The standard InChI is InChI=1S/C3H5O3S.H3N/c1-2-3-7(4,5)6;/h2H,1,3H2;1H3. The summed E-state index contributed by atoms with van der Waals surface area (Å²) < 4.78 is 28.8. The highest BCUT2D eigenvalue weighted by Crippen LogP contribution is 1.80. The molecule has 0 atom stereocenters. The highest BCUT2D eigenvalue weighted by Gasteiger charge is 1.99. The summed E-state index contributed by atoms with van der Waals surface area (Å²) in [6.45, 7) is 3.07. The average Bonchev–Trinajstić information content (AvgIpc) is 1.30. The normalized spacial score (nSPS) is 9.62. The Kier molecular flexibility index (Phi) is 4.74. The van der Waals surface area contributed by atoms with E-state index < -0.39 is 15.9 Å². The van der Waals surface area contributed by atoms with Gasteiger partial charge in [0.15, 0.2) is 0 Å². The van der Waals surface area contributed by atoms with Crippen molar-refractivity contribution in [2.45, 2.75) is 0 Å². The van der Waals surface area contributed by atoms with Crippen molar-refractivity contribution in [1.82, 2.24) is 6.15 Å². The Morgan fingerprint density at radius 1 is 1.50 bits per heavy atom. The van der Waals surface area contributed by atoms with Crippen LogP contribution in [0, 0.1) is 0 Å². The largest absolute Gasteiger partial charge is 0.344 e. The summed E-state index contributed by atoms with van der Waals surface area (Å²) in [6, 6.07) is 0. The quantitative estimate of drug-likeness (QED) is 0.548. The van der Waals surface area contributed by atoms with Crippen molar-refractivity contribution in [3.05, 3.63) is 12.7 Å². The maximum Gasteiger partial charge on any atom is 0.298 e. The molecule has 0 spiro atoms. The first-order chi connectivity index (χ1) is 3.06. The lowest BCUT2D eigenvalue weighted by Crippen LogP contribution is -1.97. The molecule has 0 aliphatic carbocycles. The lowest BCUT2D eigenvalue weighted by Gasteiger charge is -1.78. The summed E-state index contributed by atoms with van der Waals surface area (Å²) in [6.07, 6.45) is 1.06. The average molecular weight is 138 g/mol. The van der Waals surface area contributed by atoms with Crippen LogP contribution in [0.4, 0.5) is 0 Å². The predicted octanol–water partition coefficient (Wildman–Crippen LogP) is 0.0947. The van der Waals surface area contributed by atoms with Crippen LogP contribution in [0.15, 0.2) is 12.7 Å². The van der Waals surface area contributed by atoms with Gasteiger partial charge in [0.1, 0.15) is 0 Å².